The number of hydrogen-bond acceptors (Lipinski definition) is 5. The highest BCUT2D eigenvalue weighted by atomic mass is 19.4. The number of rotatable bonds is 10. The molecule has 0 amide bonds. The average molecular weight is 606 g/mol. The molecule has 1 atom stereocenters. The number of nitrogens with zero attached hydrogens (tertiary/aromatic N) is 3. The van der Waals surface area contributed by atoms with Crippen LogP contribution in [0, 0.1) is 0 Å². The summed E-state index contributed by atoms with van der Waals surface area (Å²) in [6, 6.07) is 11.6. The van der Waals surface area contributed by atoms with Gasteiger partial charge in [0.1, 0.15) is 5.75 Å². The minimum Gasteiger partial charge on any atom is -0.478 e. The fourth-order valence-corrected chi connectivity index (χ4v) is 4.40. The van der Waals surface area contributed by atoms with Crippen LogP contribution in [0.5, 0.6) is 5.75 Å². The largest absolute Gasteiger partial charge is 0.478 e. The van der Waals surface area contributed by atoms with E-state index < -0.39 is 41.0 Å². The number of allylic oxidation sites excluding steroid dienone is 4. The van der Waals surface area contributed by atoms with E-state index in [9.17, 15) is 36.2 Å². The van der Waals surface area contributed by atoms with Gasteiger partial charge in [0, 0.05) is 37.0 Å². The molecule has 228 valence electrons. The second kappa shape index (κ2) is 12.5. The maximum absolute atomic E-state index is 13.2. The summed E-state index contributed by atoms with van der Waals surface area (Å²) in [4.78, 5) is 21.9. The fourth-order valence-electron chi connectivity index (χ4n) is 4.40. The Morgan fingerprint density at radius 2 is 1.53 bits per heavy atom. The van der Waals surface area contributed by atoms with E-state index in [2.05, 4.69) is 9.97 Å². The van der Waals surface area contributed by atoms with Crippen molar-refractivity contribution in [2.75, 3.05) is 11.4 Å². The van der Waals surface area contributed by atoms with Gasteiger partial charge in [-0.2, -0.15) is 26.3 Å². The lowest BCUT2D eigenvalue weighted by molar-refractivity contribution is -0.152. The lowest BCUT2D eigenvalue weighted by Crippen LogP contribution is -2.37. The number of hydrogen-bond donors (Lipinski definition) is 1. The van der Waals surface area contributed by atoms with E-state index in [1.54, 1.807) is 35.2 Å². The van der Waals surface area contributed by atoms with Crippen molar-refractivity contribution in [2.24, 2.45) is 0 Å². The minimum absolute atomic E-state index is 0.176. The molecule has 2 aromatic carbocycles. The van der Waals surface area contributed by atoms with Gasteiger partial charge in [-0.05, 0) is 67.6 Å². The van der Waals surface area contributed by atoms with Crippen LogP contribution in [0.15, 0.2) is 84.7 Å². The van der Waals surface area contributed by atoms with Gasteiger partial charge in [-0.3, -0.25) is 0 Å². The number of carboxylic acid groups (broad SMARTS) is 1. The number of ether oxygens (including phenoxy) is 1. The summed E-state index contributed by atoms with van der Waals surface area (Å²) in [7, 11) is 0. The van der Waals surface area contributed by atoms with Crippen molar-refractivity contribution in [3.63, 3.8) is 0 Å². The number of alkyl halides is 6. The molecule has 1 aromatic heterocycles. The highest BCUT2D eigenvalue weighted by Crippen LogP contribution is 2.37. The first-order valence-electron chi connectivity index (χ1n) is 13.3. The Hall–Kier alpha value is -4.35. The smallest absolute Gasteiger partial charge is 0.416 e. The molecular formula is C31H29F6N3O3. The standard InChI is InChI=1S/C31H29F6N3O3/c1-29(2,27(41)42)43-26-12-8-20(9-13-26)14-15-40(19-21-6-10-24(11-7-21)30(32,33)34)28-38-17-23(18-39-28)22-4-3-5-25(16-22)31(35,36)37/h3-13,17-18,22H,14-16,19H2,1-2H3,(H,41,42). The van der Waals surface area contributed by atoms with Crippen molar-refractivity contribution in [2.45, 2.75) is 57.1 Å². The molecule has 0 radical (unpaired) electrons. The topological polar surface area (TPSA) is 75.5 Å². The molecule has 43 heavy (non-hydrogen) atoms. The van der Waals surface area contributed by atoms with Gasteiger partial charge in [0.2, 0.25) is 5.95 Å². The van der Waals surface area contributed by atoms with Crippen LogP contribution in [0.3, 0.4) is 0 Å². The van der Waals surface area contributed by atoms with Gasteiger partial charge in [0.05, 0.1) is 5.56 Å². The molecule has 1 unspecified atom stereocenters. The summed E-state index contributed by atoms with van der Waals surface area (Å²) in [6.45, 7) is 3.40. The predicted octanol–water partition coefficient (Wildman–Crippen LogP) is 7.52. The summed E-state index contributed by atoms with van der Waals surface area (Å²) in [5, 5.41) is 9.27. The van der Waals surface area contributed by atoms with Crippen molar-refractivity contribution in [3.8, 4) is 5.75 Å². The van der Waals surface area contributed by atoms with Gasteiger partial charge >= 0.3 is 18.3 Å². The number of aromatic nitrogens is 2. The molecule has 0 bridgehead atoms. The molecule has 12 heteroatoms. The lowest BCUT2D eigenvalue weighted by Gasteiger charge is -2.24. The molecule has 6 nitrogen and oxygen atoms in total. The van der Waals surface area contributed by atoms with Gasteiger partial charge < -0.3 is 14.7 Å². The van der Waals surface area contributed by atoms with E-state index in [1.165, 1.54) is 44.4 Å². The van der Waals surface area contributed by atoms with Crippen LogP contribution in [-0.2, 0) is 23.9 Å². The molecule has 0 aliphatic heterocycles. The number of anilines is 1. The molecule has 0 saturated heterocycles. The van der Waals surface area contributed by atoms with E-state index in [1.807, 2.05) is 0 Å². The van der Waals surface area contributed by atoms with Crippen molar-refractivity contribution in [1.29, 1.82) is 0 Å². The fraction of sp³-hybridized carbons (Fsp3) is 0.323. The number of carbonyl (C=O) groups is 1. The maximum atomic E-state index is 13.2. The van der Waals surface area contributed by atoms with Crippen molar-refractivity contribution < 1.29 is 41.0 Å². The van der Waals surface area contributed by atoms with Crippen LogP contribution in [0.1, 0.15) is 48.4 Å². The Balaban J connectivity index is 1.51. The highest BCUT2D eigenvalue weighted by molar-refractivity contribution is 5.76. The summed E-state index contributed by atoms with van der Waals surface area (Å²) in [5.41, 5.74) is -0.879. The van der Waals surface area contributed by atoms with Crippen LogP contribution in [0.4, 0.5) is 32.3 Å². The van der Waals surface area contributed by atoms with Gasteiger partial charge in [-0.15, -0.1) is 0 Å². The van der Waals surface area contributed by atoms with Gasteiger partial charge in [0.25, 0.3) is 0 Å². The number of halogens is 6. The second-order valence-corrected chi connectivity index (χ2v) is 10.6. The van der Waals surface area contributed by atoms with Crippen LogP contribution < -0.4 is 9.64 Å². The van der Waals surface area contributed by atoms with Crippen molar-refractivity contribution in [1.82, 2.24) is 9.97 Å². The molecule has 1 heterocycles. The van der Waals surface area contributed by atoms with Crippen molar-refractivity contribution >= 4 is 11.9 Å². The lowest BCUT2D eigenvalue weighted by atomic mass is 9.89. The summed E-state index contributed by atoms with van der Waals surface area (Å²) >= 11 is 0. The van der Waals surface area contributed by atoms with Gasteiger partial charge in [-0.25, -0.2) is 14.8 Å². The number of aliphatic carboxylic acids is 1. The summed E-state index contributed by atoms with van der Waals surface area (Å²) < 4.78 is 84.3. The first kappa shape index (κ1) is 31.6. The molecule has 1 N–H and O–H groups in total. The molecule has 4 rings (SSSR count). The third-order valence-electron chi connectivity index (χ3n) is 6.95. The summed E-state index contributed by atoms with van der Waals surface area (Å²) in [5.74, 6) is -1.03. The van der Waals surface area contributed by atoms with Crippen LogP contribution in [-0.4, -0.2) is 39.4 Å². The first-order valence-corrected chi connectivity index (χ1v) is 13.3. The van der Waals surface area contributed by atoms with Gasteiger partial charge in [0.15, 0.2) is 5.60 Å². The number of benzene rings is 2. The van der Waals surface area contributed by atoms with E-state index in [-0.39, 0.29) is 18.9 Å². The Labute approximate surface area is 244 Å². The van der Waals surface area contributed by atoms with E-state index >= 15 is 0 Å². The Morgan fingerprint density at radius 3 is 2.09 bits per heavy atom. The molecule has 0 spiro atoms. The minimum atomic E-state index is -4.47. The zero-order chi connectivity index (χ0) is 31.4. The Bertz CT molecular complexity index is 1460. The third-order valence-corrected chi connectivity index (χ3v) is 6.95. The van der Waals surface area contributed by atoms with E-state index in [0.717, 1.165) is 23.8 Å². The van der Waals surface area contributed by atoms with Crippen molar-refractivity contribution in [3.05, 3.63) is 107 Å². The monoisotopic (exact) mass is 605 g/mol. The Morgan fingerprint density at radius 1 is 0.930 bits per heavy atom. The molecule has 0 fully saturated rings. The molecule has 3 aromatic rings. The molecule has 1 aliphatic rings. The zero-order valence-corrected chi connectivity index (χ0v) is 23.3. The SMILES string of the molecule is CC(C)(Oc1ccc(CCN(Cc2ccc(C(F)(F)F)cc2)c2ncc(C3C=CC=C(C(F)(F)F)C3)cn2)cc1)C(=O)O. The zero-order valence-electron chi connectivity index (χ0n) is 23.3. The normalized spacial score (nSPS) is 15.6. The van der Waals surface area contributed by atoms with E-state index in [0.29, 0.717) is 29.8 Å². The Kier molecular flexibility index (Phi) is 9.17. The average Bonchev–Trinajstić information content (AvgIpc) is 2.95. The molecule has 0 saturated carbocycles. The third kappa shape index (κ3) is 8.36. The first-order chi connectivity index (χ1) is 20.1. The summed E-state index contributed by atoms with van der Waals surface area (Å²) in [6.07, 6.45) is -1.68. The van der Waals surface area contributed by atoms with Crippen LogP contribution >= 0.6 is 0 Å². The maximum Gasteiger partial charge on any atom is 0.416 e. The molecular weight excluding hydrogens is 576 g/mol. The molecule has 1 aliphatic carbocycles. The quantitative estimate of drug-likeness (QED) is 0.241. The van der Waals surface area contributed by atoms with Crippen LogP contribution in [0.2, 0.25) is 0 Å². The highest BCUT2D eigenvalue weighted by Gasteiger charge is 2.35. The predicted molar refractivity (Wildman–Crippen MR) is 148 cm³/mol. The van der Waals surface area contributed by atoms with Gasteiger partial charge in [-0.1, -0.05) is 42.5 Å². The van der Waals surface area contributed by atoms with Crippen LogP contribution in [0.25, 0.3) is 0 Å². The second-order valence-electron chi connectivity index (χ2n) is 10.6. The van der Waals surface area contributed by atoms with E-state index in [4.69, 9.17) is 4.74 Å². The number of carboxylic acids is 1.